The Morgan fingerprint density at radius 1 is 1.25 bits per heavy atom. The number of hydrogen-bond acceptors (Lipinski definition) is 3. The number of anilines is 1. The van der Waals surface area contributed by atoms with E-state index in [0.29, 0.717) is 19.1 Å². The summed E-state index contributed by atoms with van der Waals surface area (Å²) in [6.45, 7) is 3.67. The quantitative estimate of drug-likeness (QED) is 0.805. The summed E-state index contributed by atoms with van der Waals surface area (Å²) in [7, 11) is 2.18. The van der Waals surface area contributed by atoms with Crippen LogP contribution in [0.5, 0.6) is 0 Å². The van der Waals surface area contributed by atoms with Crippen LogP contribution in [-0.4, -0.2) is 53.7 Å². The van der Waals surface area contributed by atoms with Crippen LogP contribution in [-0.2, 0) is 6.54 Å². The molecule has 1 saturated carbocycles. The second kappa shape index (κ2) is 9.64. The molecular formula is C19H31N3O2. The molecule has 5 nitrogen and oxygen atoms in total. The van der Waals surface area contributed by atoms with Gasteiger partial charge in [-0.2, -0.15) is 0 Å². The fraction of sp³-hybridized carbons (Fsp3) is 0.632. The van der Waals surface area contributed by atoms with Crippen molar-refractivity contribution in [2.24, 2.45) is 0 Å². The van der Waals surface area contributed by atoms with E-state index in [1.54, 1.807) is 4.90 Å². The number of carbonyl (C=O) groups excluding carboxylic acids is 1. The largest absolute Gasteiger partial charge is 0.395 e. The van der Waals surface area contributed by atoms with E-state index in [0.717, 1.165) is 17.8 Å². The molecule has 5 heteroatoms. The third-order valence-corrected chi connectivity index (χ3v) is 4.92. The first kappa shape index (κ1) is 18.7. The molecule has 134 valence electrons. The van der Waals surface area contributed by atoms with Crippen molar-refractivity contribution >= 4 is 11.7 Å². The van der Waals surface area contributed by atoms with E-state index in [4.69, 9.17) is 5.11 Å². The maximum atomic E-state index is 12.4. The maximum Gasteiger partial charge on any atom is 0.321 e. The van der Waals surface area contributed by atoms with Crippen LogP contribution < -0.4 is 5.32 Å². The van der Waals surface area contributed by atoms with Crippen LogP contribution in [0.3, 0.4) is 0 Å². The van der Waals surface area contributed by atoms with Gasteiger partial charge in [0.05, 0.1) is 6.61 Å². The predicted octanol–water partition coefficient (Wildman–Crippen LogP) is 3.30. The van der Waals surface area contributed by atoms with Crippen LogP contribution in [0.25, 0.3) is 0 Å². The van der Waals surface area contributed by atoms with Crippen molar-refractivity contribution in [2.45, 2.75) is 51.6 Å². The lowest BCUT2D eigenvalue weighted by molar-refractivity contribution is 0.184. The normalized spacial score (nSPS) is 15.5. The van der Waals surface area contributed by atoms with E-state index in [-0.39, 0.29) is 12.6 Å². The van der Waals surface area contributed by atoms with Crippen molar-refractivity contribution in [3.05, 3.63) is 29.8 Å². The Hall–Kier alpha value is -1.59. The zero-order valence-electron chi connectivity index (χ0n) is 15.0. The zero-order valence-corrected chi connectivity index (χ0v) is 15.0. The molecular weight excluding hydrogens is 302 g/mol. The highest BCUT2D eigenvalue weighted by atomic mass is 16.3. The zero-order chi connectivity index (χ0) is 17.4. The van der Waals surface area contributed by atoms with Gasteiger partial charge in [-0.1, -0.05) is 37.5 Å². The number of rotatable bonds is 7. The predicted molar refractivity (Wildman–Crippen MR) is 98.1 cm³/mol. The monoisotopic (exact) mass is 333 g/mol. The molecule has 1 aliphatic rings. The molecule has 1 aromatic carbocycles. The molecule has 0 aliphatic heterocycles. The minimum Gasteiger partial charge on any atom is -0.395 e. The van der Waals surface area contributed by atoms with Gasteiger partial charge in [0.25, 0.3) is 0 Å². The molecule has 0 bridgehead atoms. The first-order chi connectivity index (χ1) is 11.7. The molecule has 0 spiro atoms. The van der Waals surface area contributed by atoms with Gasteiger partial charge in [0.15, 0.2) is 0 Å². The second-order valence-electron chi connectivity index (χ2n) is 6.60. The highest BCUT2D eigenvalue weighted by Crippen LogP contribution is 2.25. The van der Waals surface area contributed by atoms with Crippen molar-refractivity contribution in [1.29, 1.82) is 0 Å². The topological polar surface area (TPSA) is 55.8 Å². The molecule has 1 aromatic rings. The van der Waals surface area contributed by atoms with Gasteiger partial charge in [0, 0.05) is 31.4 Å². The van der Waals surface area contributed by atoms with Crippen LogP contribution in [0.15, 0.2) is 24.3 Å². The minimum atomic E-state index is -0.153. The standard InChI is InChI=1S/C19H31N3O2/c1-3-22(13-14-23)19(24)20-18-12-8-7-9-16(18)15-21(2)17-10-5-4-6-11-17/h7-9,12,17,23H,3-6,10-11,13-15H2,1-2H3,(H,20,24). The van der Waals surface area contributed by atoms with Crippen LogP contribution >= 0.6 is 0 Å². The van der Waals surface area contributed by atoms with Crippen LogP contribution in [0, 0.1) is 0 Å². The summed E-state index contributed by atoms with van der Waals surface area (Å²) in [6.07, 6.45) is 6.53. The van der Waals surface area contributed by atoms with Gasteiger partial charge in [-0.25, -0.2) is 4.79 Å². The molecule has 0 atom stereocenters. The van der Waals surface area contributed by atoms with Crippen LogP contribution in [0.2, 0.25) is 0 Å². The summed E-state index contributed by atoms with van der Waals surface area (Å²) in [5.41, 5.74) is 2.00. The van der Waals surface area contributed by atoms with Gasteiger partial charge in [-0.05, 0) is 38.4 Å². The fourth-order valence-electron chi connectivity index (χ4n) is 3.42. The van der Waals surface area contributed by atoms with Gasteiger partial charge in [0.2, 0.25) is 0 Å². The summed E-state index contributed by atoms with van der Waals surface area (Å²) in [5, 5.41) is 12.1. The molecule has 24 heavy (non-hydrogen) atoms. The Kier molecular flexibility index (Phi) is 7.53. The minimum absolute atomic E-state index is 0.0205. The first-order valence-corrected chi connectivity index (χ1v) is 9.10. The van der Waals surface area contributed by atoms with Crippen molar-refractivity contribution in [1.82, 2.24) is 9.80 Å². The van der Waals surface area contributed by atoms with Gasteiger partial charge in [-0.15, -0.1) is 0 Å². The van der Waals surface area contributed by atoms with E-state index in [2.05, 4.69) is 23.3 Å². The van der Waals surface area contributed by atoms with Gasteiger partial charge < -0.3 is 15.3 Å². The van der Waals surface area contributed by atoms with Gasteiger partial charge in [-0.3, -0.25) is 4.90 Å². The average Bonchev–Trinajstić information content (AvgIpc) is 2.62. The van der Waals surface area contributed by atoms with Crippen molar-refractivity contribution in [3.8, 4) is 0 Å². The summed E-state index contributed by atoms with van der Waals surface area (Å²) >= 11 is 0. The van der Waals surface area contributed by atoms with E-state index in [1.807, 2.05) is 25.1 Å². The number of nitrogens with zero attached hydrogens (tertiary/aromatic N) is 2. The fourth-order valence-corrected chi connectivity index (χ4v) is 3.42. The van der Waals surface area contributed by atoms with Crippen LogP contribution in [0.1, 0.15) is 44.6 Å². The molecule has 0 heterocycles. The van der Waals surface area contributed by atoms with Crippen molar-refractivity contribution in [3.63, 3.8) is 0 Å². The Morgan fingerprint density at radius 2 is 1.96 bits per heavy atom. The third-order valence-electron chi connectivity index (χ3n) is 4.92. The van der Waals surface area contributed by atoms with Crippen molar-refractivity contribution in [2.75, 3.05) is 32.1 Å². The number of para-hydroxylation sites is 1. The number of carbonyl (C=O) groups is 1. The Bertz CT molecular complexity index is 515. The number of aliphatic hydroxyl groups excluding tert-OH is 1. The number of amides is 2. The van der Waals surface area contributed by atoms with E-state index in [9.17, 15) is 4.79 Å². The Labute approximate surface area is 145 Å². The highest BCUT2D eigenvalue weighted by Gasteiger charge is 2.19. The summed E-state index contributed by atoms with van der Waals surface area (Å²) in [4.78, 5) is 16.4. The molecule has 0 radical (unpaired) electrons. The lowest BCUT2D eigenvalue weighted by Crippen LogP contribution is -2.37. The molecule has 0 aromatic heterocycles. The average molecular weight is 333 g/mol. The molecule has 0 saturated heterocycles. The Balaban J connectivity index is 2.02. The van der Waals surface area contributed by atoms with Gasteiger partial charge >= 0.3 is 6.03 Å². The van der Waals surface area contributed by atoms with E-state index >= 15 is 0 Å². The first-order valence-electron chi connectivity index (χ1n) is 9.10. The smallest absolute Gasteiger partial charge is 0.321 e. The number of benzene rings is 1. The third kappa shape index (κ3) is 5.21. The number of likely N-dealkylation sites (N-methyl/N-ethyl adjacent to an activating group) is 1. The highest BCUT2D eigenvalue weighted by molar-refractivity contribution is 5.90. The molecule has 0 unspecified atom stereocenters. The number of nitrogens with one attached hydrogen (secondary N) is 1. The maximum absolute atomic E-state index is 12.4. The summed E-state index contributed by atoms with van der Waals surface area (Å²) in [5.74, 6) is 0. The van der Waals surface area contributed by atoms with Crippen LogP contribution in [0.4, 0.5) is 10.5 Å². The summed E-state index contributed by atoms with van der Waals surface area (Å²) < 4.78 is 0. The number of urea groups is 1. The van der Waals surface area contributed by atoms with Crippen molar-refractivity contribution < 1.29 is 9.90 Å². The molecule has 2 N–H and O–H groups in total. The summed E-state index contributed by atoms with van der Waals surface area (Å²) in [6, 6.07) is 8.49. The number of hydrogen-bond donors (Lipinski definition) is 2. The van der Waals surface area contributed by atoms with E-state index < -0.39 is 0 Å². The second-order valence-corrected chi connectivity index (χ2v) is 6.60. The molecule has 1 fully saturated rings. The van der Waals surface area contributed by atoms with E-state index in [1.165, 1.54) is 32.1 Å². The number of aliphatic hydroxyl groups is 1. The van der Waals surface area contributed by atoms with Gasteiger partial charge in [0.1, 0.15) is 0 Å². The molecule has 2 rings (SSSR count). The lowest BCUT2D eigenvalue weighted by atomic mass is 9.94. The Morgan fingerprint density at radius 3 is 2.62 bits per heavy atom. The molecule has 1 aliphatic carbocycles. The molecule has 2 amide bonds. The lowest BCUT2D eigenvalue weighted by Gasteiger charge is -2.31. The SMILES string of the molecule is CCN(CCO)C(=O)Nc1ccccc1CN(C)C1CCCCC1.